The Kier molecular flexibility index (Phi) is 16.5. The number of hydrogen-bond acceptors (Lipinski definition) is 8. The van der Waals surface area contributed by atoms with Gasteiger partial charge < -0.3 is 23.8 Å². The summed E-state index contributed by atoms with van der Waals surface area (Å²) in [5, 5.41) is 0. The molecule has 0 unspecified atom stereocenters. The Labute approximate surface area is 402 Å². The van der Waals surface area contributed by atoms with Crippen LogP contribution in [-0.4, -0.2) is 89.1 Å². The highest BCUT2D eigenvalue weighted by Gasteiger charge is 2.40. The summed E-state index contributed by atoms with van der Waals surface area (Å²) in [7, 11) is 2.62. The molecule has 0 aliphatic carbocycles. The SMILES string of the molecule is COC(=O)C[C@H](C(=O)N1CCC[C@H]1C(=O)Cc1ccc(-c2c(Br)c(C(C)(C)C)c(-c3ccc(CC(=O)[C@@H]4CCCN4C(=O)[C@@H](CC(=O)OC)C(C)C)cc3)n2-c2ccc(F)cc2)cc1)C(C)C. The van der Waals surface area contributed by atoms with E-state index in [0.717, 1.165) is 49.4 Å². The summed E-state index contributed by atoms with van der Waals surface area (Å²) in [5.74, 6) is -3.10. The first-order chi connectivity index (χ1) is 31.7. The van der Waals surface area contributed by atoms with Crippen molar-refractivity contribution in [3.05, 3.63) is 99.8 Å². The van der Waals surface area contributed by atoms with Crippen LogP contribution in [0.2, 0.25) is 0 Å². The van der Waals surface area contributed by atoms with Crippen molar-refractivity contribution in [1.29, 1.82) is 0 Å². The lowest BCUT2D eigenvalue weighted by molar-refractivity contribution is -0.149. The van der Waals surface area contributed by atoms with Crippen LogP contribution in [0.5, 0.6) is 0 Å². The Morgan fingerprint density at radius 3 is 1.42 bits per heavy atom. The minimum atomic E-state index is -0.572. The third-order valence-electron chi connectivity index (χ3n) is 13.4. The van der Waals surface area contributed by atoms with Crippen molar-refractivity contribution >= 4 is 51.2 Å². The molecule has 4 aromatic rings. The second-order valence-corrected chi connectivity index (χ2v) is 20.6. The molecule has 2 fully saturated rings. The number of hydrogen-bond donors (Lipinski definition) is 0. The molecule has 2 saturated heterocycles. The van der Waals surface area contributed by atoms with E-state index in [9.17, 15) is 33.2 Å². The number of ketones is 2. The largest absolute Gasteiger partial charge is 0.469 e. The number of rotatable bonds is 17. The molecule has 4 atom stereocenters. The lowest BCUT2D eigenvalue weighted by atomic mass is 9.85. The van der Waals surface area contributed by atoms with Crippen molar-refractivity contribution in [1.82, 2.24) is 14.4 Å². The molecule has 358 valence electrons. The maximum absolute atomic E-state index is 14.5. The topological polar surface area (TPSA) is 132 Å². The molecule has 3 heterocycles. The van der Waals surface area contributed by atoms with Crippen LogP contribution < -0.4 is 0 Å². The minimum absolute atomic E-state index is 0.0303. The number of Topliss-reactive ketones (excluding diaryl/α,β-unsaturated/α-hetero) is 2. The van der Waals surface area contributed by atoms with E-state index in [2.05, 4.69) is 41.3 Å². The third kappa shape index (κ3) is 11.5. The second-order valence-electron chi connectivity index (χ2n) is 19.8. The Morgan fingerprint density at radius 1 is 0.642 bits per heavy atom. The molecule has 2 aliphatic rings. The van der Waals surface area contributed by atoms with Gasteiger partial charge in [0.25, 0.3) is 0 Å². The van der Waals surface area contributed by atoms with E-state index in [1.54, 1.807) is 21.9 Å². The fourth-order valence-electron chi connectivity index (χ4n) is 9.70. The molecule has 0 saturated carbocycles. The van der Waals surface area contributed by atoms with Gasteiger partial charge in [-0.15, -0.1) is 0 Å². The Balaban J connectivity index is 1.29. The van der Waals surface area contributed by atoms with Gasteiger partial charge in [0.2, 0.25) is 11.8 Å². The summed E-state index contributed by atoms with van der Waals surface area (Å²) in [6, 6.07) is 20.9. The van der Waals surface area contributed by atoms with Crippen molar-refractivity contribution < 1.29 is 42.6 Å². The van der Waals surface area contributed by atoms with Crippen molar-refractivity contribution in [2.75, 3.05) is 27.3 Å². The molecule has 13 heteroatoms. The summed E-state index contributed by atoms with van der Waals surface area (Å²) in [6.07, 6.45) is 2.76. The molecule has 67 heavy (non-hydrogen) atoms. The molecule has 0 bridgehead atoms. The van der Waals surface area contributed by atoms with Crippen LogP contribution in [-0.2, 0) is 56.5 Å². The smallest absolute Gasteiger partial charge is 0.306 e. The lowest BCUT2D eigenvalue weighted by Gasteiger charge is -2.29. The van der Waals surface area contributed by atoms with Gasteiger partial charge in [-0.3, -0.25) is 28.8 Å². The highest BCUT2D eigenvalue weighted by atomic mass is 79.9. The van der Waals surface area contributed by atoms with Crippen LogP contribution >= 0.6 is 15.9 Å². The van der Waals surface area contributed by atoms with Crippen LogP contribution in [0, 0.1) is 29.5 Å². The average Bonchev–Trinajstić information content (AvgIpc) is 4.06. The normalized spacial score (nSPS) is 17.2. The molecular weight excluding hydrogens is 918 g/mol. The Hall–Kier alpha value is -5.43. The molecular formula is C54H65BrFN3O8. The zero-order valence-electron chi connectivity index (χ0n) is 40.3. The van der Waals surface area contributed by atoms with Gasteiger partial charge in [0.1, 0.15) is 5.82 Å². The number of carbonyl (C=O) groups is 6. The Bertz CT molecular complexity index is 2450. The van der Waals surface area contributed by atoms with Crippen molar-refractivity contribution in [3.8, 4) is 28.2 Å². The fraction of sp³-hybridized carbons (Fsp3) is 0.481. The molecule has 2 aliphatic heterocycles. The van der Waals surface area contributed by atoms with E-state index in [4.69, 9.17) is 9.47 Å². The number of nitrogens with zero attached hydrogens (tertiary/aromatic N) is 3. The van der Waals surface area contributed by atoms with Crippen molar-refractivity contribution in [3.63, 3.8) is 0 Å². The first-order valence-electron chi connectivity index (χ1n) is 23.4. The number of methoxy groups -OCH3 is 2. The van der Waals surface area contributed by atoms with Gasteiger partial charge in [0, 0.05) is 36.1 Å². The van der Waals surface area contributed by atoms with Crippen LogP contribution in [0.15, 0.2) is 77.3 Å². The van der Waals surface area contributed by atoms with Gasteiger partial charge >= 0.3 is 11.9 Å². The number of halogens is 2. The van der Waals surface area contributed by atoms with E-state index in [-0.39, 0.29) is 72.1 Å². The van der Waals surface area contributed by atoms with E-state index in [1.807, 2.05) is 76.2 Å². The molecule has 1 aromatic heterocycles. The monoisotopic (exact) mass is 981 g/mol. The molecule has 6 rings (SSSR count). The van der Waals surface area contributed by atoms with Gasteiger partial charge in [0.05, 0.1) is 62.4 Å². The number of likely N-dealkylation sites (tertiary alicyclic amines) is 2. The predicted molar refractivity (Wildman–Crippen MR) is 260 cm³/mol. The number of amides is 2. The molecule has 0 radical (unpaired) electrons. The number of ether oxygens (including phenoxy) is 2. The van der Waals surface area contributed by atoms with E-state index >= 15 is 0 Å². The molecule has 3 aromatic carbocycles. The maximum atomic E-state index is 14.5. The summed E-state index contributed by atoms with van der Waals surface area (Å²) in [4.78, 5) is 82.9. The van der Waals surface area contributed by atoms with Crippen molar-refractivity contribution in [2.24, 2.45) is 23.7 Å². The minimum Gasteiger partial charge on any atom is -0.469 e. The Morgan fingerprint density at radius 2 is 1.04 bits per heavy atom. The molecule has 0 spiro atoms. The fourth-order valence-corrected chi connectivity index (χ4v) is 10.9. The van der Waals surface area contributed by atoms with Crippen LogP contribution in [0.1, 0.15) is 104 Å². The summed E-state index contributed by atoms with van der Waals surface area (Å²) < 4.78 is 27.2. The summed E-state index contributed by atoms with van der Waals surface area (Å²) >= 11 is 4.02. The van der Waals surface area contributed by atoms with Crippen molar-refractivity contribution in [2.45, 2.75) is 117 Å². The quantitative estimate of drug-likeness (QED) is 0.0956. The zero-order chi connectivity index (χ0) is 48.9. The predicted octanol–water partition coefficient (Wildman–Crippen LogP) is 9.89. The van der Waals surface area contributed by atoms with Gasteiger partial charge in [-0.05, 0) is 111 Å². The van der Waals surface area contributed by atoms with Crippen LogP contribution in [0.25, 0.3) is 28.2 Å². The number of carbonyl (C=O) groups excluding carboxylic acids is 6. The maximum Gasteiger partial charge on any atom is 0.306 e. The van der Waals surface area contributed by atoms with E-state index in [0.29, 0.717) is 38.8 Å². The summed E-state index contributed by atoms with van der Waals surface area (Å²) in [6.45, 7) is 14.9. The number of esters is 2. The number of benzene rings is 3. The van der Waals surface area contributed by atoms with E-state index < -0.39 is 35.9 Å². The van der Waals surface area contributed by atoms with Gasteiger partial charge in [-0.1, -0.05) is 97.0 Å². The highest BCUT2D eigenvalue weighted by molar-refractivity contribution is 9.10. The highest BCUT2D eigenvalue weighted by Crippen LogP contribution is 2.48. The van der Waals surface area contributed by atoms with Crippen LogP contribution in [0.4, 0.5) is 4.39 Å². The zero-order valence-corrected chi connectivity index (χ0v) is 41.9. The standard InChI is InChI=1S/C54H65BrFN3O8/c1-32(2)40(30-46(62)66-8)52(64)57-26-10-12-42(57)44(60)28-34-14-18-36(19-15-34)50-48(54(5,6)7)49(55)51(59(50)39-24-22-38(56)23-25-39)37-20-16-35(17-21-37)29-45(61)43-13-11-27-58(43)53(65)41(33(3)4)31-47(63)67-9/h14-25,32-33,40-43H,10-13,26-31H2,1-9H3/t40-,41-,42-,43-/m0/s1. The third-order valence-corrected chi connectivity index (χ3v) is 14.2. The molecule has 2 amide bonds. The number of aromatic nitrogens is 1. The van der Waals surface area contributed by atoms with E-state index in [1.165, 1.54) is 26.4 Å². The lowest BCUT2D eigenvalue weighted by Crippen LogP contribution is -2.45. The van der Waals surface area contributed by atoms with Gasteiger partial charge in [0.15, 0.2) is 11.6 Å². The summed E-state index contributed by atoms with van der Waals surface area (Å²) in [5.41, 5.74) is 6.41. The van der Waals surface area contributed by atoms with Gasteiger partial charge in [-0.25, -0.2) is 4.39 Å². The second kappa shape index (κ2) is 21.7. The molecule has 11 nitrogen and oxygen atoms in total. The first-order valence-corrected chi connectivity index (χ1v) is 24.2. The first kappa shape index (κ1) is 51.0. The average molecular weight is 983 g/mol. The van der Waals surface area contributed by atoms with Crippen LogP contribution in [0.3, 0.4) is 0 Å². The molecule has 0 N–H and O–H groups in total. The van der Waals surface area contributed by atoms with Gasteiger partial charge in [-0.2, -0.15) is 0 Å².